The lowest BCUT2D eigenvalue weighted by atomic mass is 9.57. The van der Waals surface area contributed by atoms with Crippen molar-refractivity contribution in [2.24, 2.45) is 16.3 Å². The Morgan fingerprint density at radius 2 is 2.10 bits per heavy atom. The van der Waals surface area contributed by atoms with Crippen molar-refractivity contribution in [3.8, 4) is 5.69 Å². The van der Waals surface area contributed by atoms with Gasteiger partial charge in [0.25, 0.3) is 0 Å². The van der Waals surface area contributed by atoms with E-state index >= 15 is 0 Å². The second-order valence-electron chi connectivity index (χ2n) is 8.32. The molecule has 2 aromatic rings. The minimum absolute atomic E-state index is 0. The highest BCUT2D eigenvalue weighted by Crippen LogP contribution is 2.52. The van der Waals surface area contributed by atoms with E-state index in [2.05, 4.69) is 60.8 Å². The fourth-order valence-electron chi connectivity index (χ4n) is 4.62. The summed E-state index contributed by atoms with van der Waals surface area (Å²) >= 11 is 0. The van der Waals surface area contributed by atoms with E-state index in [4.69, 9.17) is 9.73 Å². The smallest absolute Gasteiger partial charge is 0.191 e. The maximum Gasteiger partial charge on any atom is 0.191 e. The molecule has 1 aliphatic heterocycles. The van der Waals surface area contributed by atoms with Crippen LogP contribution in [0.25, 0.3) is 5.69 Å². The van der Waals surface area contributed by atoms with Crippen molar-refractivity contribution >= 4 is 29.9 Å². The summed E-state index contributed by atoms with van der Waals surface area (Å²) < 4.78 is 7.78. The van der Waals surface area contributed by atoms with Gasteiger partial charge in [0.1, 0.15) is 0 Å². The van der Waals surface area contributed by atoms with E-state index in [1.54, 1.807) is 6.20 Å². The largest absolute Gasteiger partial charge is 0.377 e. The van der Waals surface area contributed by atoms with Crippen molar-refractivity contribution in [3.05, 3.63) is 48.3 Å². The van der Waals surface area contributed by atoms with Crippen LogP contribution in [0.5, 0.6) is 0 Å². The Labute approximate surface area is 190 Å². The molecule has 1 saturated heterocycles. The van der Waals surface area contributed by atoms with Crippen LogP contribution in [0.1, 0.15) is 32.8 Å². The maximum absolute atomic E-state index is 5.91. The predicted octanol–water partition coefficient (Wildman–Crippen LogP) is 3.40. The van der Waals surface area contributed by atoms with Crippen LogP contribution in [0, 0.1) is 11.3 Å². The van der Waals surface area contributed by atoms with Crippen molar-refractivity contribution in [2.75, 3.05) is 19.7 Å². The summed E-state index contributed by atoms with van der Waals surface area (Å²) in [5.74, 6) is 1.52. The van der Waals surface area contributed by atoms with Crippen LogP contribution in [-0.4, -0.2) is 47.6 Å². The highest BCUT2D eigenvalue weighted by Gasteiger charge is 2.59. The van der Waals surface area contributed by atoms with Gasteiger partial charge in [-0.25, -0.2) is 4.68 Å². The fourth-order valence-corrected chi connectivity index (χ4v) is 4.62. The van der Waals surface area contributed by atoms with Crippen molar-refractivity contribution in [2.45, 2.75) is 45.8 Å². The highest BCUT2D eigenvalue weighted by molar-refractivity contribution is 14.0. The molecule has 7 heteroatoms. The molecule has 6 nitrogen and oxygen atoms in total. The van der Waals surface area contributed by atoms with E-state index in [9.17, 15) is 0 Å². The molecule has 0 radical (unpaired) electrons. The Hall–Kier alpha value is -1.61. The van der Waals surface area contributed by atoms with Gasteiger partial charge in [0.2, 0.25) is 0 Å². The molecule has 3 atom stereocenters. The third-order valence-corrected chi connectivity index (χ3v) is 6.11. The number of benzene rings is 1. The Kier molecular flexibility index (Phi) is 7.21. The number of hydrogen-bond donors (Lipinski definition) is 2. The lowest BCUT2D eigenvalue weighted by Crippen LogP contribution is -2.68. The second-order valence-corrected chi connectivity index (χ2v) is 8.32. The number of rotatable bonds is 6. The molecular weight excluding hydrogens is 477 g/mol. The summed E-state index contributed by atoms with van der Waals surface area (Å²) in [4.78, 5) is 4.82. The lowest BCUT2D eigenvalue weighted by molar-refractivity contribution is -0.106. The third-order valence-electron chi connectivity index (χ3n) is 6.11. The number of guanidine groups is 1. The van der Waals surface area contributed by atoms with E-state index in [0.717, 1.165) is 44.2 Å². The third kappa shape index (κ3) is 4.60. The molecule has 0 amide bonds. The minimum Gasteiger partial charge on any atom is -0.377 e. The monoisotopic (exact) mass is 509 g/mol. The van der Waals surface area contributed by atoms with Gasteiger partial charge in [-0.05, 0) is 43.5 Å². The molecular formula is C22H32IN5O. The first-order valence-corrected chi connectivity index (χ1v) is 10.3. The zero-order valence-corrected chi connectivity index (χ0v) is 19.8. The molecule has 0 bridgehead atoms. The molecule has 1 aromatic carbocycles. The van der Waals surface area contributed by atoms with Crippen LogP contribution in [0.15, 0.2) is 47.7 Å². The lowest BCUT2D eigenvalue weighted by Gasteiger charge is -2.54. The molecule has 3 unspecified atom stereocenters. The summed E-state index contributed by atoms with van der Waals surface area (Å²) in [6, 6.07) is 10.9. The average molecular weight is 509 g/mol. The molecule has 1 saturated carbocycles. The number of nitrogens with zero attached hydrogens (tertiary/aromatic N) is 3. The van der Waals surface area contributed by atoms with Gasteiger partial charge in [0, 0.05) is 49.5 Å². The van der Waals surface area contributed by atoms with E-state index in [1.807, 2.05) is 16.9 Å². The topological polar surface area (TPSA) is 63.5 Å². The van der Waals surface area contributed by atoms with Crippen LogP contribution in [-0.2, 0) is 11.2 Å². The van der Waals surface area contributed by atoms with Crippen LogP contribution in [0.3, 0.4) is 0 Å². The van der Waals surface area contributed by atoms with Gasteiger partial charge in [-0.1, -0.05) is 26.0 Å². The fraction of sp³-hybridized carbons (Fsp3) is 0.545. The molecule has 2 N–H and O–H groups in total. The first-order chi connectivity index (χ1) is 13.6. The minimum atomic E-state index is 0. The first kappa shape index (κ1) is 22.1. The number of fused-ring (bicyclic) bond motifs is 1. The van der Waals surface area contributed by atoms with Crippen LogP contribution < -0.4 is 10.6 Å². The van der Waals surface area contributed by atoms with Crippen LogP contribution in [0.4, 0.5) is 0 Å². The van der Waals surface area contributed by atoms with Gasteiger partial charge in [0.05, 0.1) is 11.8 Å². The number of nitrogens with one attached hydrogen (secondary N) is 2. The second kappa shape index (κ2) is 9.47. The van der Waals surface area contributed by atoms with Gasteiger partial charge >= 0.3 is 0 Å². The van der Waals surface area contributed by atoms with Crippen LogP contribution in [0.2, 0.25) is 0 Å². The Bertz CT molecular complexity index is 803. The van der Waals surface area contributed by atoms with E-state index < -0.39 is 0 Å². The summed E-state index contributed by atoms with van der Waals surface area (Å²) in [6.07, 6.45) is 6.20. The molecule has 0 spiro atoms. The van der Waals surface area contributed by atoms with E-state index in [-0.39, 0.29) is 29.4 Å². The Morgan fingerprint density at radius 3 is 2.79 bits per heavy atom. The number of aromatic nitrogens is 2. The quantitative estimate of drug-likeness (QED) is 0.356. The normalized spacial score (nSPS) is 24.9. The van der Waals surface area contributed by atoms with E-state index in [0.29, 0.717) is 18.1 Å². The zero-order chi connectivity index (χ0) is 19.6. The van der Waals surface area contributed by atoms with Gasteiger partial charge in [-0.2, -0.15) is 5.10 Å². The Balaban J connectivity index is 0.00000240. The molecule has 1 aliphatic carbocycles. The van der Waals surface area contributed by atoms with Crippen molar-refractivity contribution in [3.63, 3.8) is 0 Å². The first-order valence-electron chi connectivity index (χ1n) is 10.3. The average Bonchev–Trinajstić information content (AvgIpc) is 3.37. The van der Waals surface area contributed by atoms with E-state index in [1.165, 1.54) is 5.56 Å². The highest BCUT2D eigenvalue weighted by atomic mass is 127. The molecule has 158 valence electrons. The molecule has 1 aromatic heterocycles. The number of hydrogen-bond acceptors (Lipinski definition) is 3. The van der Waals surface area contributed by atoms with Gasteiger partial charge < -0.3 is 15.4 Å². The summed E-state index contributed by atoms with van der Waals surface area (Å²) in [5, 5.41) is 11.3. The summed E-state index contributed by atoms with van der Waals surface area (Å²) in [5.41, 5.74) is 2.51. The molecule has 2 aliphatic rings. The zero-order valence-electron chi connectivity index (χ0n) is 17.5. The van der Waals surface area contributed by atoms with Gasteiger partial charge in [-0.15, -0.1) is 24.0 Å². The molecule has 29 heavy (non-hydrogen) atoms. The summed E-state index contributed by atoms with van der Waals surface area (Å²) in [6.45, 7) is 9.21. The van der Waals surface area contributed by atoms with Gasteiger partial charge in [0.15, 0.2) is 5.96 Å². The van der Waals surface area contributed by atoms with Crippen molar-refractivity contribution < 1.29 is 4.74 Å². The molecule has 2 heterocycles. The predicted molar refractivity (Wildman–Crippen MR) is 127 cm³/mol. The number of ether oxygens (including phenoxy) is 1. The SMILES string of the molecule is CCNC(=NCCc1ccc(-n2cccn2)cc1)NC1C2CCOC2C1(C)C.I. The maximum atomic E-state index is 5.91. The summed E-state index contributed by atoms with van der Waals surface area (Å²) in [7, 11) is 0. The molecule has 4 rings (SSSR count). The number of aliphatic imine (C=N–C) groups is 1. The molecule has 2 fully saturated rings. The number of halogens is 1. The van der Waals surface area contributed by atoms with Crippen molar-refractivity contribution in [1.29, 1.82) is 0 Å². The van der Waals surface area contributed by atoms with Crippen LogP contribution >= 0.6 is 24.0 Å². The van der Waals surface area contributed by atoms with Crippen molar-refractivity contribution in [1.82, 2.24) is 20.4 Å². The standard InChI is InChI=1S/C22H31N5O.HI/c1-4-23-21(26-19-18-11-15-28-20(18)22(19,2)3)24-13-10-16-6-8-17(9-7-16)27-14-5-12-25-27;/h5-9,12,14,18-20H,4,10-11,13,15H2,1-3H3,(H2,23,24,26);1H. The van der Waals surface area contributed by atoms with Gasteiger partial charge in [-0.3, -0.25) is 4.99 Å². The Morgan fingerprint density at radius 1 is 1.31 bits per heavy atom.